The second-order valence-corrected chi connectivity index (χ2v) is 23.0. The second kappa shape index (κ2) is 22.7. The molecule has 5 aliphatic rings. The summed E-state index contributed by atoms with van der Waals surface area (Å²) in [7, 11) is 0. The zero-order valence-corrected chi connectivity index (χ0v) is 45.2. The van der Waals surface area contributed by atoms with E-state index in [0.29, 0.717) is 40.8 Å². The molecule has 2 bridgehead atoms. The number of ether oxygens (including phenoxy) is 2. The number of carbonyl (C=O) groups is 2. The monoisotopic (exact) mass is 1070 g/mol. The number of likely N-dealkylation sites (tertiary alicyclic amines) is 2. The number of nitrogens with one attached hydrogen (secondary N) is 1. The number of piperazine rings is 1. The van der Waals surface area contributed by atoms with Crippen molar-refractivity contribution in [2.45, 2.75) is 140 Å². The van der Waals surface area contributed by atoms with Gasteiger partial charge in [-0.15, -0.1) is 21.5 Å². The number of benzene rings is 2. The Hall–Kier alpha value is -6.67. The van der Waals surface area contributed by atoms with E-state index in [4.69, 9.17) is 19.7 Å². The van der Waals surface area contributed by atoms with Crippen LogP contribution in [-0.2, 0) is 20.7 Å². The number of thiazole rings is 1. The van der Waals surface area contributed by atoms with Crippen LogP contribution in [0, 0.1) is 12.8 Å². The van der Waals surface area contributed by atoms with E-state index in [2.05, 4.69) is 57.5 Å². The summed E-state index contributed by atoms with van der Waals surface area (Å²) in [5.74, 6) is 0.395. The van der Waals surface area contributed by atoms with Crippen LogP contribution in [0.25, 0.3) is 21.7 Å². The lowest BCUT2D eigenvalue weighted by Crippen LogP contribution is -2.54. The number of anilines is 3. The standard InChI is InChI=1S/C58H71N11O7S/c1-34(2)54(58(73)68-32-43(70)26-50(68)57(72)62-35(3)37-11-13-38(14-12-37)55-36(4)61-33-77-55)52-24-39(65-76-52)8-7-21-66-22-18-44(19-23-66)74-45-27-46(28-45)75-53-25-40(17-20-60-53)69-41-15-16-42(69)31-67(30-41)49-29-48(63-64-56(49)59)47-9-5-6-10-51(47)71/h5-6,9-14,17,20,24-25,29,33-35,41-46,50,54,70-71H,7-8,15-16,18-19,21-23,26-28,30-32H2,1-4H3,(H2,59,64)(H,62,72)/t35-,41?,42?,43+,45?,46?,50-,54-/m0/s1. The van der Waals surface area contributed by atoms with Gasteiger partial charge < -0.3 is 54.9 Å². The molecule has 5 N–H and O–H groups in total. The number of aliphatic hydroxyl groups excluding tert-OH is 1. The number of rotatable bonds is 18. The molecule has 1 saturated carbocycles. The number of aromatic hydroxyl groups is 1. The molecule has 2 aromatic carbocycles. The summed E-state index contributed by atoms with van der Waals surface area (Å²) in [4.78, 5) is 47.0. The van der Waals surface area contributed by atoms with Gasteiger partial charge in [-0.25, -0.2) is 9.97 Å². The molecular formula is C58H71N11O7S. The largest absolute Gasteiger partial charge is 0.507 e. The van der Waals surface area contributed by atoms with Crippen LogP contribution < -0.4 is 25.6 Å². The smallest absolute Gasteiger partial charge is 0.243 e. The van der Waals surface area contributed by atoms with Crippen LogP contribution in [0.2, 0.25) is 0 Å². The predicted molar refractivity (Wildman–Crippen MR) is 295 cm³/mol. The summed E-state index contributed by atoms with van der Waals surface area (Å²) >= 11 is 1.60. The number of aromatic nitrogens is 5. The molecule has 2 unspecified atom stereocenters. The van der Waals surface area contributed by atoms with E-state index < -0.39 is 18.1 Å². The maximum absolute atomic E-state index is 14.3. The van der Waals surface area contributed by atoms with E-state index in [0.717, 1.165) is 123 Å². The molecule has 6 aromatic rings. The van der Waals surface area contributed by atoms with Gasteiger partial charge in [0.15, 0.2) is 5.82 Å². The fraction of sp³-hybridized carbons (Fsp3) is 0.500. The van der Waals surface area contributed by atoms with Crippen molar-refractivity contribution < 1.29 is 33.8 Å². The van der Waals surface area contributed by atoms with Crippen LogP contribution in [0.3, 0.4) is 0 Å². The van der Waals surface area contributed by atoms with E-state index in [-0.39, 0.29) is 60.8 Å². The average Bonchev–Trinajstić information content (AvgIpc) is 4.22. The number of hydrogen-bond donors (Lipinski definition) is 4. The molecule has 4 aromatic heterocycles. The van der Waals surface area contributed by atoms with Crippen LogP contribution in [0.5, 0.6) is 11.6 Å². The van der Waals surface area contributed by atoms with Crippen molar-refractivity contribution in [2.24, 2.45) is 5.92 Å². The number of β-amino-alcohol motifs (C(OH)–C–C–N with tert-alkyl or cyclic N) is 1. The molecule has 0 spiro atoms. The molecule has 6 atom stereocenters. The number of phenolic OH excluding ortho intramolecular Hbond substituents is 1. The fourth-order valence-corrected chi connectivity index (χ4v) is 13.1. The number of aliphatic hydroxyl groups is 1. The number of para-hydroxylation sites is 1. The maximum atomic E-state index is 14.3. The van der Waals surface area contributed by atoms with Crippen LogP contribution in [0.1, 0.15) is 107 Å². The van der Waals surface area contributed by atoms with Gasteiger partial charge >= 0.3 is 0 Å². The topological polar surface area (TPSA) is 222 Å². The van der Waals surface area contributed by atoms with Crippen molar-refractivity contribution in [3.8, 4) is 33.3 Å². The van der Waals surface area contributed by atoms with Crippen LogP contribution >= 0.6 is 11.3 Å². The van der Waals surface area contributed by atoms with E-state index >= 15 is 0 Å². The molecule has 1 aliphatic carbocycles. The molecule has 18 nitrogen and oxygen atoms in total. The zero-order valence-electron chi connectivity index (χ0n) is 44.4. The van der Waals surface area contributed by atoms with Crippen LogP contribution in [0.15, 0.2) is 89.0 Å². The van der Waals surface area contributed by atoms with Crippen LogP contribution in [0.4, 0.5) is 17.2 Å². The van der Waals surface area contributed by atoms with Gasteiger partial charge in [-0.05, 0) is 100 Å². The van der Waals surface area contributed by atoms with Gasteiger partial charge in [0.05, 0.1) is 57.5 Å². The lowest BCUT2D eigenvalue weighted by molar-refractivity contribution is -0.141. The first-order chi connectivity index (χ1) is 37.3. The molecular weight excluding hydrogens is 995 g/mol. The highest BCUT2D eigenvalue weighted by atomic mass is 32.1. The van der Waals surface area contributed by atoms with E-state index in [1.807, 2.05) is 87.9 Å². The molecule has 5 fully saturated rings. The lowest BCUT2D eigenvalue weighted by atomic mass is 9.91. The summed E-state index contributed by atoms with van der Waals surface area (Å²) in [6, 6.07) is 22.7. The van der Waals surface area contributed by atoms with Gasteiger partial charge in [0.2, 0.25) is 17.7 Å². The summed E-state index contributed by atoms with van der Waals surface area (Å²) in [6.45, 7) is 12.4. The number of piperidine rings is 1. The van der Waals surface area contributed by atoms with Crippen molar-refractivity contribution in [3.63, 3.8) is 0 Å². The highest BCUT2D eigenvalue weighted by Gasteiger charge is 2.44. The average molecular weight is 1070 g/mol. The molecule has 8 heterocycles. The minimum Gasteiger partial charge on any atom is -0.507 e. The number of phenols is 1. The predicted octanol–water partition coefficient (Wildman–Crippen LogP) is 7.71. The summed E-state index contributed by atoms with van der Waals surface area (Å²) < 4.78 is 18.9. The molecule has 11 rings (SSSR count). The highest BCUT2D eigenvalue weighted by Crippen LogP contribution is 2.41. The minimum atomic E-state index is -0.801. The maximum Gasteiger partial charge on any atom is 0.243 e. The van der Waals surface area contributed by atoms with Crippen LogP contribution in [-0.4, -0.2) is 139 Å². The molecule has 406 valence electrons. The van der Waals surface area contributed by atoms with E-state index in [9.17, 15) is 19.8 Å². The van der Waals surface area contributed by atoms with Gasteiger partial charge in [-0.2, -0.15) is 0 Å². The van der Waals surface area contributed by atoms with E-state index in [1.165, 1.54) is 4.90 Å². The third kappa shape index (κ3) is 11.5. The summed E-state index contributed by atoms with van der Waals surface area (Å²) in [6.07, 6.45) is 9.15. The zero-order chi connectivity index (χ0) is 53.3. The lowest BCUT2D eigenvalue weighted by Gasteiger charge is -2.43. The number of pyridine rings is 1. The number of fused-ring (bicyclic) bond motifs is 2. The first-order valence-electron chi connectivity index (χ1n) is 27.5. The van der Waals surface area contributed by atoms with Gasteiger partial charge in [0.25, 0.3) is 0 Å². The van der Waals surface area contributed by atoms with Crippen molar-refractivity contribution in [2.75, 3.05) is 54.8 Å². The Bertz CT molecular complexity index is 3000. The summed E-state index contributed by atoms with van der Waals surface area (Å²) in [5, 5.41) is 37.3. The third-order valence-corrected chi connectivity index (χ3v) is 17.4. The SMILES string of the molecule is Cc1ncsc1-c1ccc([C@H](C)NC(=O)[C@@H]2C[C@@H](O)CN2C(=O)[C@H](c2cc(CCCN3CCC(OC4CC(Oc5cc(N6C7CCC6CN(c6cc(-c8ccccc8O)nnc6N)C7)ccn5)C4)CC3)no2)C(C)C)cc1. The Labute approximate surface area is 454 Å². The van der Waals surface area contributed by atoms with Gasteiger partial charge in [0, 0.05) is 93.7 Å². The Morgan fingerprint density at radius 3 is 2.39 bits per heavy atom. The number of hydrogen-bond acceptors (Lipinski definition) is 17. The first kappa shape index (κ1) is 52.4. The number of carbonyl (C=O) groups excluding carboxylic acids is 2. The third-order valence-electron chi connectivity index (χ3n) is 16.4. The van der Waals surface area contributed by atoms with Gasteiger partial charge in [-0.1, -0.05) is 55.4 Å². The number of aryl methyl sites for hydroxylation is 2. The molecule has 77 heavy (non-hydrogen) atoms. The van der Waals surface area contributed by atoms with E-state index in [1.54, 1.807) is 23.5 Å². The number of nitrogens with two attached hydrogens (primary N) is 1. The van der Waals surface area contributed by atoms with Crippen molar-refractivity contribution >= 4 is 40.3 Å². The highest BCUT2D eigenvalue weighted by molar-refractivity contribution is 7.13. The Kier molecular flexibility index (Phi) is 15.5. The minimum absolute atomic E-state index is 0.0723. The Morgan fingerprint density at radius 2 is 1.66 bits per heavy atom. The Balaban J connectivity index is 0.601. The van der Waals surface area contributed by atoms with Crippen molar-refractivity contribution in [1.82, 2.24) is 40.4 Å². The number of amides is 2. The van der Waals surface area contributed by atoms with Gasteiger partial charge in [-0.3, -0.25) is 9.59 Å². The molecule has 19 heteroatoms. The second-order valence-electron chi connectivity index (χ2n) is 22.1. The molecule has 4 saturated heterocycles. The van der Waals surface area contributed by atoms with Crippen molar-refractivity contribution in [3.05, 3.63) is 107 Å². The number of nitrogens with zero attached hydrogens (tertiary/aromatic N) is 9. The quantitative estimate of drug-likeness (QED) is 0.0647. The number of nitrogen functional groups attached to an aromatic ring is 1. The molecule has 2 amide bonds. The normalized spacial score (nSPS) is 23.5. The van der Waals surface area contributed by atoms with Crippen molar-refractivity contribution in [1.29, 1.82) is 0 Å². The molecule has 0 radical (unpaired) electrons. The summed E-state index contributed by atoms with van der Waals surface area (Å²) in [5.41, 5.74) is 15.2. The first-order valence-corrected chi connectivity index (χ1v) is 28.4. The molecule has 4 aliphatic heterocycles. The van der Waals surface area contributed by atoms with Gasteiger partial charge in [0.1, 0.15) is 29.6 Å². The Morgan fingerprint density at radius 1 is 0.896 bits per heavy atom. The fourth-order valence-electron chi connectivity index (χ4n) is 12.2.